The summed E-state index contributed by atoms with van der Waals surface area (Å²) in [6.07, 6.45) is 18.5. The molecule has 0 amide bonds. The third kappa shape index (κ3) is 20.5. The number of methoxy groups -OCH3 is 2. The summed E-state index contributed by atoms with van der Waals surface area (Å²) in [6.45, 7) is 9.06. The molecular weight excluding hydrogens is 668 g/mol. The first-order valence-corrected chi connectivity index (χ1v) is 17.2. The fourth-order valence-corrected chi connectivity index (χ4v) is 4.47. The van der Waals surface area contributed by atoms with Crippen LogP contribution in [0.2, 0.25) is 0 Å². The van der Waals surface area contributed by atoms with Gasteiger partial charge in [0, 0.05) is 32.0 Å². The average molecular weight is 721 g/mol. The summed E-state index contributed by atoms with van der Waals surface area (Å²) in [7, 11) is 3.19. The average Bonchev–Trinajstić information content (AvgIpc) is 3.19. The van der Waals surface area contributed by atoms with Crippen LogP contribution < -0.4 is 14.2 Å². The number of hydrogen-bond donors (Lipinski definition) is 0. The van der Waals surface area contributed by atoms with Gasteiger partial charge < -0.3 is 28.4 Å². The van der Waals surface area contributed by atoms with Gasteiger partial charge in [-0.05, 0) is 99.6 Å². The van der Waals surface area contributed by atoms with E-state index < -0.39 is 11.9 Å². The number of allylic oxidation sites excluding steroid dienone is 1. The lowest BCUT2D eigenvalue weighted by molar-refractivity contribution is -0.138. The van der Waals surface area contributed by atoms with Crippen molar-refractivity contribution < 1.29 is 52.4 Å². The number of carbonyl (C=O) groups excluding carboxylic acids is 5. The third-order valence-electron chi connectivity index (χ3n) is 7.24. The molecule has 1 atom stereocenters. The van der Waals surface area contributed by atoms with Gasteiger partial charge in [-0.25, -0.2) is 9.59 Å². The lowest BCUT2D eigenvalue weighted by Crippen LogP contribution is -2.17. The maximum absolute atomic E-state index is 12.3. The molecule has 52 heavy (non-hydrogen) atoms. The van der Waals surface area contributed by atoms with E-state index in [2.05, 4.69) is 13.2 Å². The number of hydrogen-bond acceptors (Lipinski definition) is 11. The van der Waals surface area contributed by atoms with E-state index in [-0.39, 0.29) is 11.9 Å². The van der Waals surface area contributed by atoms with Gasteiger partial charge in [0.25, 0.3) is 0 Å². The highest BCUT2D eigenvalue weighted by molar-refractivity contribution is 5.93. The summed E-state index contributed by atoms with van der Waals surface area (Å²) in [4.78, 5) is 53.8. The van der Waals surface area contributed by atoms with Crippen LogP contribution >= 0.6 is 0 Å². The second-order valence-electron chi connectivity index (χ2n) is 11.2. The summed E-state index contributed by atoms with van der Waals surface area (Å²) in [5, 5.41) is 0. The molecule has 2 aromatic carbocycles. The molecule has 0 saturated carbocycles. The van der Waals surface area contributed by atoms with E-state index in [1.165, 1.54) is 25.7 Å². The summed E-state index contributed by atoms with van der Waals surface area (Å²) < 4.78 is 31.7. The largest absolute Gasteiger partial charge is 0.496 e. The van der Waals surface area contributed by atoms with Gasteiger partial charge in [-0.15, -0.1) is 0 Å². The number of aldehydes is 3. The van der Waals surface area contributed by atoms with Crippen molar-refractivity contribution in [3.05, 3.63) is 103 Å². The van der Waals surface area contributed by atoms with Gasteiger partial charge in [-0.2, -0.15) is 0 Å². The Morgan fingerprint density at radius 3 is 1.98 bits per heavy atom. The SMILES string of the molecule is C=CC(=O)OCCCCCCOC1C=CC(C(=O)Oc2ccc(OC)c(C=O)c2)=CC1.C=CC=O.COCCCCCCOc1ccc(C=O)cc1. The van der Waals surface area contributed by atoms with Crippen molar-refractivity contribution >= 4 is 30.8 Å². The molecule has 0 bridgehead atoms. The Labute approximate surface area is 307 Å². The van der Waals surface area contributed by atoms with Crippen LogP contribution in [0.4, 0.5) is 0 Å². The van der Waals surface area contributed by atoms with E-state index in [9.17, 15) is 19.2 Å². The van der Waals surface area contributed by atoms with E-state index in [1.54, 1.807) is 43.5 Å². The van der Waals surface area contributed by atoms with Crippen molar-refractivity contribution in [1.29, 1.82) is 0 Å². The molecule has 0 saturated heterocycles. The van der Waals surface area contributed by atoms with Crippen molar-refractivity contribution in [2.75, 3.05) is 40.6 Å². The van der Waals surface area contributed by atoms with E-state index in [0.29, 0.717) is 54.7 Å². The summed E-state index contributed by atoms with van der Waals surface area (Å²) in [5.74, 6) is 0.641. The molecule has 3 rings (SSSR count). The molecule has 11 heteroatoms. The van der Waals surface area contributed by atoms with E-state index in [4.69, 9.17) is 33.2 Å². The predicted octanol–water partition coefficient (Wildman–Crippen LogP) is 7.43. The third-order valence-corrected chi connectivity index (χ3v) is 7.24. The van der Waals surface area contributed by atoms with E-state index in [0.717, 1.165) is 76.3 Å². The zero-order valence-electron chi connectivity index (χ0n) is 30.3. The molecule has 1 aliphatic rings. The van der Waals surface area contributed by atoms with Crippen molar-refractivity contribution in [3.63, 3.8) is 0 Å². The molecule has 1 unspecified atom stereocenters. The quantitative estimate of drug-likeness (QED) is 0.0372. The maximum atomic E-state index is 12.3. The minimum atomic E-state index is -0.492. The predicted molar refractivity (Wildman–Crippen MR) is 199 cm³/mol. The van der Waals surface area contributed by atoms with Crippen molar-refractivity contribution in [2.24, 2.45) is 0 Å². The first kappa shape index (κ1) is 44.9. The maximum Gasteiger partial charge on any atom is 0.343 e. The Bertz CT molecular complexity index is 1420. The number of ether oxygens (including phenoxy) is 6. The van der Waals surface area contributed by atoms with Crippen LogP contribution in [-0.2, 0) is 28.6 Å². The molecule has 11 nitrogen and oxygen atoms in total. The fraction of sp³-hybridized carbons (Fsp3) is 0.390. The fourth-order valence-electron chi connectivity index (χ4n) is 4.47. The summed E-state index contributed by atoms with van der Waals surface area (Å²) >= 11 is 0. The molecule has 2 aromatic rings. The molecule has 0 spiro atoms. The number of esters is 2. The van der Waals surface area contributed by atoms with Gasteiger partial charge in [0.1, 0.15) is 29.8 Å². The van der Waals surface area contributed by atoms with Gasteiger partial charge >= 0.3 is 11.9 Å². The number of carbonyl (C=O) groups is 5. The molecule has 0 radical (unpaired) electrons. The molecule has 0 aliphatic heterocycles. The number of unbranched alkanes of at least 4 members (excludes halogenated alkanes) is 6. The van der Waals surface area contributed by atoms with Gasteiger partial charge in [0.15, 0.2) is 6.29 Å². The molecular formula is C41H52O11. The van der Waals surface area contributed by atoms with E-state index in [1.807, 2.05) is 18.2 Å². The van der Waals surface area contributed by atoms with Crippen LogP contribution in [0.5, 0.6) is 17.2 Å². The Morgan fingerprint density at radius 1 is 0.788 bits per heavy atom. The Kier molecular flexibility index (Phi) is 25.5. The Morgan fingerprint density at radius 2 is 1.42 bits per heavy atom. The molecule has 0 N–H and O–H groups in total. The summed E-state index contributed by atoms with van der Waals surface area (Å²) in [5.41, 5.74) is 1.43. The molecule has 0 aromatic heterocycles. The van der Waals surface area contributed by atoms with Crippen molar-refractivity contribution in [1.82, 2.24) is 0 Å². The van der Waals surface area contributed by atoms with Crippen LogP contribution in [0.3, 0.4) is 0 Å². The molecule has 282 valence electrons. The molecule has 0 fully saturated rings. The zero-order chi connectivity index (χ0) is 38.2. The van der Waals surface area contributed by atoms with Gasteiger partial charge in [0.05, 0.1) is 37.6 Å². The highest BCUT2D eigenvalue weighted by Crippen LogP contribution is 2.24. The molecule has 1 aliphatic carbocycles. The Hall–Kier alpha value is -5.13. The minimum Gasteiger partial charge on any atom is -0.496 e. The van der Waals surface area contributed by atoms with Crippen LogP contribution in [0, 0.1) is 0 Å². The van der Waals surface area contributed by atoms with Crippen LogP contribution in [-0.4, -0.2) is 77.5 Å². The van der Waals surface area contributed by atoms with Gasteiger partial charge in [0.2, 0.25) is 0 Å². The lowest BCUT2D eigenvalue weighted by atomic mass is 10.1. The standard InChI is InChI=1S/C24H28O7.C14H20O3.C3H4O/c1-3-23(26)30-15-7-5-4-6-14-29-20-10-8-18(9-11-20)24(27)31-21-12-13-22(28-2)19(16-21)17-25;1-16-10-4-2-3-5-11-17-14-8-6-13(12-15)7-9-14;1-2-3-4/h3,8-10,12-13,16-17,20H,1,4-7,11,14-15H2,2H3;6-9,12H,2-5,10-11H2,1H3;2-3H,1H2. The monoisotopic (exact) mass is 720 g/mol. The number of benzene rings is 2. The first-order chi connectivity index (χ1) is 25.3. The van der Waals surface area contributed by atoms with Crippen LogP contribution in [0.1, 0.15) is 78.5 Å². The normalized spacial score (nSPS) is 12.7. The van der Waals surface area contributed by atoms with Gasteiger partial charge in [-0.1, -0.05) is 38.2 Å². The zero-order valence-corrected chi connectivity index (χ0v) is 30.3. The van der Waals surface area contributed by atoms with Crippen LogP contribution in [0.25, 0.3) is 0 Å². The number of rotatable bonds is 23. The second-order valence-corrected chi connectivity index (χ2v) is 11.2. The first-order valence-electron chi connectivity index (χ1n) is 17.2. The van der Waals surface area contributed by atoms with Crippen LogP contribution in [0.15, 0.2) is 91.6 Å². The summed E-state index contributed by atoms with van der Waals surface area (Å²) in [6, 6.07) is 11.8. The minimum absolute atomic E-state index is 0.0762. The highest BCUT2D eigenvalue weighted by atomic mass is 16.5. The smallest absolute Gasteiger partial charge is 0.343 e. The van der Waals surface area contributed by atoms with Crippen molar-refractivity contribution in [3.8, 4) is 17.2 Å². The lowest BCUT2D eigenvalue weighted by Gasteiger charge is -2.17. The van der Waals surface area contributed by atoms with E-state index >= 15 is 0 Å². The van der Waals surface area contributed by atoms with Crippen molar-refractivity contribution in [2.45, 2.75) is 63.9 Å². The molecule has 0 heterocycles. The second kappa shape index (κ2) is 29.6. The Balaban J connectivity index is 0.000000539. The van der Waals surface area contributed by atoms with Gasteiger partial charge in [-0.3, -0.25) is 14.4 Å². The highest BCUT2D eigenvalue weighted by Gasteiger charge is 2.16. The topological polar surface area (TPSA) is 141 Å².